The van der Waals surface area contributed by atoms with Gasteiger partial charge in [-0.3, -0.25) is 4.79 Å². The number of nitrogens with zero attached hydrogens (tertiary/aromatic N) is 1. The van der Waals surface area contributed by atoms with Gasteiger partial charge in [0, 0.05) is 17.3 Å². The van der Waals surface area contributed by atoms with E-state index < -0.39 is 35.1 Å². The number of carbonyl (C=O) groups is 1. The van der Waals surface area contributed by atoms with Gasteiger partial charge in [-0.25, -0.2) is 4.98 Å². The van der Waals surface area contributed by atoms with Crippen molar-refractivity contribution in [3.63, 3.8) is 0 Å². The van der Waals surface area contributed by atoms with Gasteiger partial charge in [0.2, 0.25) is 0 Å². The quantitative estimate of drug-likeness (QED) is 0.247. The molecule has 0 spiro atoms. The van der Waals surface area contributed by atoms with Crippen LogP contribution in [-0.4, -0.2) is 16.0 Å². The fourth-order valence-electron chi connectivity index (χ4n) is 2.97. The van der Waals surface area contributed by atoms with E-state index >= 15 is 0 Å². The van der Waals surface area contributed by atoms with E-state index in [4.69, 9.17) is 18.0 Å². The Morgan fingerprint density at radius 3 is 1.91 bits per heavy atom. The van der Waals surface area contributed by atoms with Crippen LogP contribution in [0.5, 0.6) is 0 Å². The van der Waals surface area contributed by atoms with Crippen molar-refractivity contribution in [2.24, 2.45) is 5.73 Å². The molecule has 1 heterocycles. The van der Waals surface area contributed by atoms with Crippen molar-refractivity contribution in [1.82, 2.24) is 4.98 Å². The molecule has 0 aliphatic heterocycles. The number of nitrogens with one attached hydrogen (secondary N) is 2. The van der Waals surface area contributed by atoms with Crippen molar-refractivity contribution >= 4 is 45.9 Å². The Kier molecular flexibility index (Phi) is 7.41. The fourth-order valence-corrected chi connectivity index (χ4v) is 4.29. The first-order chi connectivity index (χ1) is 16.1. The monoisotopic (exact) mass is 532 g/mol. The summed E-state index contributed by atoms with van der Waals surface area (Å²) in [6.45, 7) is 3.85. The molecule has 3 rings (SSSR count). The predicted octanol–water partition coefficient (Wildman–Crippen LogP) is 6.88. The molecule has 1 aromatic heterocycles. The number of rotatable bonds is 5. The van der Waals surface area contributed by atoms with E-state index in [0.717, 1.165) is 5.01 Å². The van der Waals surface area contributed by atoms with Gasteiger partial charge in [0.15, 0.2) is 5.11 Å². The zero-order chi connectivity index (χ0) is 26.1. The largest absolute Gasteiger partial charge is 0.416 e. The van der Waals surface area contributed by atoms with Crippen molar-refractivity contribution in [2.75, 3.05) is 10.6 Å². The number of nitrogens with two attached hydrogens (primary N) is 1. The number of halogens is 6. The first-order valence-corrected chi connectivity index (χ1v) is 11.2. The van der Waals surface area contributed by atoms with Gasteiger partial charge in [0.05, 0.1) is 21.0 Å². The Morgan fingerprint density at radius 1 is 0.943 bits per heavy atom. The molecule has 0 saturated heterocycles. The molecule has 0 radical (unpaired) electrons. The highest BCUT2D eigenvalue weighted by Gasteiger charge is 2.37. The maximum Gasteiger partial charge on any atom is 0.416 e. The van der Waals surface area contributed by atoms with Gasteiger partial charge in [0.1, 0.15) is 5.69 Å². The van der Waals surface area contributed by atoms with Gasteiger partial charge < -0.3 is 16.4 Å². The SMILES string of the molecule is CC(C)c1nc(C(N)=O)c(-c2ccc(NC(=S)Nc3cc(C(F)(F)F)cc(C(F)(F)F)c3)cc2)s1. The standard InChI is InChI=1S/C22H18F6N4OS2/c1-10(2)19-32-16(18(29)33)17(35-19)11-3-5-14(6-4-11)30-20(34)31-15-8-12(21(23,24)25)7-13(9-15)22(26,27)28/h3-10H,1-2H3,(H2,29,33)(H2,30,31,34). The van der Waals surface area contributed by atoms with E-state index in [-0.39, 0.29) is 22.8 Å². The van der Waals surface area contributed by atoms with Crippen molar-refractivity contribution in [3.8, 4) is 10.4 Å². The molecule has 0 fully saturated rings. The molecule has 2 aromatic carbocycles. The zero-order valence-electron chi connectivity index (χ0n) is 18.1. The van der Waals surface area contributed by atoms with Crippen LogP contribution in [0.3, 0.4) is 0 Å². The summed E-state index contributed by atoms with van der Waals surface area (Å²) in [4.78, 5) is 16.6. The highest BCUT2D eigenvalue weighted by molar-refractivity contribution is 7.80. The third kappa shape index (κ3) is 6.48. The molecule has 4 N–H and O–H groups in total. The lowest BCUT2D eigenvalue weighted by Gasteiger charge is -2.16. The molecule has 0 bridgehead atoms. The number of alkyl halides is 6. The number of thiazole rings is 1. The first-order valence-electron chi connectivity index (χ1n) is 9.93. The van der Waals surface area contributed by atoms with E-state index in [2.05, 4.69) is 15.6 Å². The van der Waals surface area contributed by atoms with Crippen LogP contribution in [0.4, 0.5) is 37.7 Å². The summed E-state index contributed by atoms with van der Waals surface area (Å²) in [5.74, 6) is -0.583. The van der Waals surface area contributed by atoms with Crippen LogP contribution in [0.2, 0.25) is 0 Å². The van der Waals surface area contributed by atoms with Crippen LogP contribution in [0.1, 0.15) is 46.4 Å². The van der Waals surface area contributed by atoms with Crippen LogP contribution in [0.25, 0.3) is 10.4 Å². The van der Waals surface area contributed by atoms with Crippen LogP contribution in [0.15, 0.2) is 42.5 Å². The van der Waals surface area contributed by atoms with Gasteiger partial charge >= 0.3 is 12.4 Å². The summed E-state index contributed by atoms with van der Waals surface area (Å²) in [7, 11) is 0. The number of aromatic nitrogens is 1. The summed E-state index contributed by atoms with van der Waals surface area (Å²) in [5.41, 5.74) is 3.24. The lowest BCUT2D eigenvalue weighted by molar-refractivity contribution is -0.143. The normalized spacial score (nSPS) is 12.0. The number of primary amides is 1. The topological polar surface area (TPSA) is 80.0 Å². The van der Waals surface area contributed by atoms with E-state index in [1.165, 1.54) is 11.3 Å². The smallest absolute Gasteiger partial charge is 0.364 e. The molecule has 5 nitrogen and oxygen atoms in total. The number of carbonyl (C=O) groups excluding carboxylic acids is 1. The number of hydrogen-bond donors (Lipinski definition) is 3. The number of thiocarbonyl (C=S) groups is 1. The summed E-state index contributed by atoms with van der Waals surface area (Å²) >= 11 is 6.37. The molecule has 0 atom stereocenters. The molecule has 35 heavy (non-hydrogen) atoms. The summed E-state index contributed by atoms with van der Waals surface area (Å²) in [6, 6.07) is 7.57. The minimum absolute atomic E-state index is 0.0326. The first kappa shape index (κ1) is 26.4. The highest BCUT2D eigenvalue weighted by Crippen LogP contribution is 2.38. The van der Waals surface area contributed by atoms with Gasteiger partial charge in [-0.15, -0.1) is 11.3 Å². The fraction of sp³-hybridized carbons (Fsp3) is 0.227. The van der Waals surface area contributed by atoms with Crippen molar-refractivity contribution in [2.45, 2.75) is 32.1 Å². The molecule has 0 saturated carbocycles. The Morgan fingerprint density at radius 2 is 1.46 bits per heavy atom. The molecule has 0 aliphatic rings. The van der Waals surface area contributed by atoms with Crippen molar-refractivity contribution in [1.29, 1.82) is 0 Å². The van der Waals surface area contributed by atoms with Gasteiger partial charge in [-0.05, 0) is 48.1 Å². The van der Waals surface area contributed by atoms with E-state index in [1.54, 1.807) is 24.3 Å². The molecule has 186 valence electrons. The minimum atomic E-state index is -4.97. The van der Waals surface area contributed by atoms with Crippen LogP contribution < -0.4 is 16.4 Å². The predicted molar refractivity (Wildman–Crippen MR) is 126 cm³/mol. The lowest BCUT2D eigenvalue weighted by Crippen LogP contribution is -2.20. The average Bonchev–Trinajstić information content (AvgIpc) is 3.19. The van der Waals surface area contributed by atoms with Gasteiger partial charge in [0.25, 0.3) is 5.91 Å². The average molecular weight is 533 g/mol. The van der Waals surface area contributed by atoms with Crippen LogP contribution >= 0.6 is 23.6 Å². The molecule has 0 aliphatic carbocycles. The maximum absolute atomic E-state index is 13.0. The minimum Gasteiger partial charge on any atom is -0.364 e. The molecule has 13 heteroatoms. The second-order valence-corrected chi connectivity index (χ2v) is 9.14. The van der Waals surface area contributed by atoms with Crippen molar-refractivity contribution < 1.29 is 31.1 Å². The third-order valence-corrected chi connectivity index (χ3v) is 6.23. The zero-order valence-corrected chi connectivity index (χ0v) is 19.8. The Bertz CT molecular complexity index is 1220. The Labute approximate surface area is 205 Å². The van der Waals surface area contributed by atoms with Crippen molar-refractivity contribution in [3.05, 3.63) is 64.3 Å². The maximum atomic E-state index is 13.0. The summed E-state index contributed by atoms with van der Waals surface area (Å²) in [5, 5.41) is 5.57. The summed E-state index contributed by atoms with van der Waals surface area (Å²) < 4.78 is 78.3. The molecule has 0 unspecified atom stereocenters. The van der Waals surface area contributed by atoms with E-state index in [1.807, 2.05) is 13.8 Å². The number of benzene rings is 2. The van der Waals surface area contributed by atoms with E-state index in [9.17, 15) is 31.1 Å². The number of anilines is 2. The molecule has 1 amide bonds. The summed E-state index contributed by atoms with van der Waals surface area (Å²) in [6.07, 6.45) is -9.95. The van der Waals surface area contributed by atoms with Crippen LogP contribution in [-0.2, 0) is 12.4 Å². The lowest BCUT2D eigenvalue weighted by atomic mass is 10.1. The molecule has 3 aromatic rings. The highest BCUT2D eigenvalue weighted by atomic mass is 32.1. The van der Waals surface area contributed by atoms with Gasteiger partial charge in [-0.1, -0.05) is 26.0 Å². The second-order valence-electron chi connectivity index (χ2n) is 7.70. The Hall–Kier alpha value is -3.19. The Balaban J connectivity index is 1.80. The number of amides is 1. The van der Waals surface area contributed by atoms with Crippen LogP contribution in [0, 0.1) is 0 Å². The molecular weight excluding hydrogens is 514 g/mol. The van der Waals surface area contributed by atoms with E-state index in [0.29, 0.717) is 28.3 Å². The third-order valence-electron chi connectivity index (χ3n) is 4.62. The number of hydrogen-bond acceptors (Lipinski definition) is 4. The molecular formula is C22H18F6N4OS2. The van der Waals surface area contributed by atoms with Gasteiger partial charge in [-0.2, -0.15) is 26.3 Å². The second kappa shape index (κ2) is 9.82.